The van der Waals surface area contributed by atoms with Crippen molar-refractivity contribution in [2.45, 2.75) is 50.0 Å². The smallest absolute Gasteiger partial charge is 0.271 e. The third kappa shape index (κ3) is 4.04. The number of nitrogens with zero attached hydrogens (tertiary/aromatic N) is 2. The number of rotatable bonds is 5. The van der Waals surface area contributed by atoms with E-state index in [1.165, 1.54) is 18.4 Å². The maximum atomic E-state index is 12.7. The highest BCUT2D eigenvalue weighted by Crippen LogP contribution is 2.41. The number of hydrogen-bond donors (Lipinski definition) is 2. The van der Waals surface area contributed by atoms with Crippen molar-refractivity contribution in [3.8, 4) is 0 Å². The molecule has 6 heteroatoms. The first-order chi connectivity index (χ1) is 13.2. The fourth-order valence-electron chi connectivity index (χ4n) is 4.48. The average Bonchev–Trinajstić information content (AvgIpc) is 3.38. The summed E-state index contributed by atoms with van der Waals surface area (Å²) >= 11 is 6.05. The molecule has 1 aromatic heterocycles. The number of benzene rings is 1. The molecule has 2 aliphatic rings. The zero-order valence-electron chi connectivity index (χ0n) is 15.6. The standard InChI is InChI=1S/C21H27ClN4O/c22-17-7-5-16(6-8-17)21(10-1-2-11-21)15-24-20(27)19-9-13-26(25-19)18-4-3-12-23-14-18/h5-9,13,18,23H,1-4,10-12,14-15H2,(H,24,27). The van der Waals surface area contributed by atoms with Crippen LogP contribution in [0.5, 0.6) is 0 Å². The van der Waals surface area contributed by atoms with Gasteiger partial charge < -0.3 is 10.6 Å². The molecule has 2 fully saturated rings. The van der Waals surface area contributed by atoms with E-state index in [1.807, 2.05) is 29.1 Å². The van der Waals surface area contributed by atoms with E-state index >= 15 is 0 Å². The Bertz CT molecular complexity index is 774. The van der Waals surface area contributed by atoms with Crippen molar-refractivity contribution >= 4 is 17.5 Å². The van der Waals surface area contributed by atoms with Crippen molar-refractivity contribution < 1.29 is 4.79 Å². The fourth-order valence-corrected chi connectivity index (χ4v) is 4.61. The first kappa shape index (κ1) is 18.5. The van der Waals surface area contributed by atoms with Crippen molar-refractivity contribution in [1.82, 2.24) is 20.4 Å². The first-order valence-corrected chi connectivity index (χ1v) is 10.3. The second kappa shape index (κ2) is 8.03. The summed E-state index contributed by atoms with van der Waals surface area (Å²) in [5.74, 6) is -0.0854. The molecule has 1 aliphatic carbocycles. The Hall–Kier alpha value is -1.85. The lowest BCUT2D eigenvalue weighted by Gasteiger charge is -2.30. The van der Waals surface area contributed by atoms with E-state index < -0.39 is 0 Å². The lowest BCUT2D eigenvalue weighted by molar-refractivity contribution is 0.0936. The number of piperidine rings is 1. The molecule has 1 atom stereocenters. The number of carbonyl (C=O) groups excluding carboxylic acids is 1. The van der Waals surface area contributed by atoms with E-state index in [2.05, 4.69) is 27.9 Å². The second-order valence-electron chi connectivity index (χ2n) is 7.86. The summed E-state index contributed by atoms with van der Waals surface area (Å²) in [6.07, 6.45) is 8.76. The van der Waals surface area contributed by atoms with Crippen LogP contribution in [0.4, 0.5) is 0 Å². The third-order valence-electron chi connectivity index (χ3n) is 6.09. The highest BCUT2D eigenvalue weighted by Gasteiger charge is 2.36. The molecule has 27 heavy (non-hydrogen) atoms. The van der Waals surface area contributed by atoms with Gasteiger partial charge >= 0.3 is 0 Å². The Morgan fingerprint density at radius 3 is 2.70 bits per heavy atom. The maximum Gasteiger partial charge on any atom is 0.271 e. The summed E-state index contributed by atoms with van der Waals surface area (Å²) in [5, 5.41) is 11.8. The molecule has 0 bridgehead atoms. The normalized spacial score (nSPS) is 21.9. The molecule has 2 N–H and O–H groups in total. The van der Waals surface area contributed by atoms with E-state index in [4.69, 9.17) is 11.6 Å². The minimum atomic E-state index is -0.0854. The van der Waals surface area contributed by atoms with Crippen molar-refractivity contribution in [2.75, 3.05) is 19.6 Å². The molecule has 2 aromatic rings. The molecule has 2 heterocycles. The molecule has 144 valence electrons. The number of aromatic nitrogens is 2. The topological polar surface area (TPSA) is 59.0 Å². The highest BCUT2D eigenvalue weighted by atomic mass is 35.5. The lowest BCUT2D eigenvalue weighted by atomic mass is 9.79. The number of amides is 1. The van der Waals surface area contributed by atoms with Crippen molar-refractivity contribution in [1.29, 1.82) is 0 Å². The molecule has 1 aliphatic heterocycles. The first-order valence-electron chi connectivity index (χ1n) is 9.96. The monoisotopic (exact) mass is 386 g/mol. The molecule has 1 aromatic carbocycles. The van der Waals surface area contributed by atoms with Gasteiger partial charge in [0.05, 0.1) is 6.04 Å². The minimum absolute atomic E-state index is 0.0100. The van der Waals surface area contributed by atoms with E-state index in [0.29, 0.717) is 18.3 Å². The van der Waals surface area contributed by atoms with Gasteiger partial charge in [0.1, 0.15) is 5.69 Å². The van der Waals surface area contributed by atoms with E-state index in [-0.39, 0.29) is 11.3 Å². The van der Waals surface area contributed by atoms with Crippen molar-refractivity contribution in [3.63, 3.8) is 0 Å². The highest BCUT2D eigenvalue weighted by molar-refractivity contribution is 6.30. The van der Waals surface area contributed by atoms with Gasteiger partial charge in [-0.2, -0.15) is 5.10 Å². The number of nitrogens with one attached hydrogen (secondary N) is 2. The summed E-state index contributed by atoms with van der Waals surface area (Å²) < 4.78 is 1.94. The van der Waals surface area contributed by atoms with Crippen LogP contribution < -0.4 is 10.6 Å². The largest absolute Gasteiger partial charge is 0.350 e. The predicted molar refractivity (Wildman–Crippen MR) is 107 cm³/mol. The van der Waals surface area contributed by atoms with Gasteiger partial charge in [-0.25, -0.2) is 0 Å². The van der Waals surface area contributed by atoms with Crippen LogP contribution in [0.25, 0.3) is 0 Å². The summed E-state index contributed by atoms with van der Waals surface area (Å²) in [7, 11) is 0. The molecule has 5 nitrogen and oxygen atoms in total. The quantitative estimate of drug-likeness (QED) is 0.823. The Morgan fingerprint density at radius 2 is 2.00 bits per heavy atom. The van der Waals surface area contributed by atoms with Gasteiger partial charge in [0.25, 0.3) is 5.91 Å². The average molecular weight is 387 g/mol. The minimum Gasteiger partial charge on any atom is -0.350 e. The Kier molecular flexibility index (Phi) is 5.50. The summed E-state index contributed by atoms with van der Waals surface area (Å²) in [6, 6.07) is 10.3. The van der Waals surface area contributed by atoms with Gasteiger partial charge in [-0.1, -0.05) is 36.6 Å². The molecule has 1 unspecified atom stereocenters. The number of halogens is 1. The van der Waals surface area contributed by atoms with Gasteiger partial charge in [-0.05, 0) is 56.0 Å². The summed E-state index contributed by atoms with van der Waals surface area (Å²) in [4.78, 5) is 12.7. The van der Waals surface area contributed by atoms with Crippen LogP contribution in [-0.4, -0.2) is 35.3 Å². The van der Waals surface area contributed by atoms with Crippen LogP contribution >= 0.6 is 11.6 Å². The number of hydrogen-bond acceptors (Lipinski definition) is 3. The summed E-state index contributed by atoms with van der Waals surface area (Å²) in [5.41, 5.74) is 1.78. The van der Waals surface area contributed by atoms with E-state index in [9.17, 15) is 4.79 Å². The van der Waals surface area contributed by atoms with Crippen LogP contribution in [0.1, 0.15) is 60.6 Å². The zero-order chi connectivity index (χ0) is 18.7. The molecule has 1 amide bonds. The van der Waals surface area contributed by atoms with Gasteiger partial charge in [0.2, 0.25) is 0 Å². The third-order valence-corrected chi connectivity index (χ3v) is 6.34. The van der Waals surface area contributed by atoms with Gasteiger partial charge in [-0.3, -0.25) is 9.48 Å². The molecular weight excluding hydrogens is 360 g/mol. The van der Waals surface area contributed by atoms with Crippen molar-refractivity contribution in [2.24, 2.45) is 0 Å². The summed E-state index contributed by atoms with van der Waals surface area (Å²) in [6.45, 7) is 2.63. The molecule has 0 radical (unpaired) electrons. The van der Waals surface area contributed by atoms with Crippen molar-refractivity contribution in [3.05, 3.63) is 52.8 Å². The Labute approximate surface area is 165 Å². The lowest BCUT2D eigenvalue weighted by Crippen LogP contribution is -2.39. The second-order valence-corrected chi connectivity index (χ2v) is 8.29. The van der Waals surface area contributed by atoms with Gasteiger partial charge in [-0.15, -0.1) is 0 Å². The van der Waals surface area contributed by atoms with Crippen LogP contribution in [0, 0.1) is 0 Å². The number of carbonyl (C=O) groups is 1. The van der Waals surface area contributed by atoms with Crippen LogP contribution in [0.3, 0.4) is 0 Å². The van der Waals surface area contributed by atoms with Crippen LogP contribution in [0.2, 0.25) is 5.02 Å². The molecule has 1 saturated heterocycles. The molecular formula is C21H27ClN4O. The molecule has 4 rings (SSSR count). The van der Waals surface area contributed by atoms with Crippen LogP contribution in [-0.2, 0) is 5.41 Å². The van der Waals surface area contributed by atoms with Crippen LogP contribution in [0.15, 0.2) is 36.5 Å². The van der Waals surface area contributed by atoms with Gasteiger partial charge in [0, 0.05) is 29.7 Å². The fraction of sp³-hybridized carbons (Fsp3) is 0.524. The maximum absolute atomic E-state index is 12.7. The molecule has 1 saturated carbocycles. The van der Waals surface area contributed by atoms with E-state index in [0.717, 1.165) is 43.8 Å². The molecule has 0 spiro atoms. The van der Waals surface area contributed by atoms with E-state index in [1.54, 1.807) is 0 Å². The van der Waals surface area contributed by atoms with Gasteiger partial charge in [0.15, 0.2) is 0 Å². The SMILES string of the molecule is O=C(NCC1(c2ccc(Cl)cc2)CCCC1)c1ccn(C2CCCNC2)n1. The zero-order valence-corrected chi connectivity index (χ0v) is 16.3. The Morgan fingerprint density at radius 1 is 1.22 bits per heavy atom. The predicted octanol–water partition coefficient (Wildman–Crippen LogP) is 3.70. The Balaban J connectivity index is 1.43.